The second-order valence-electron chi connectivity index (χ2n) is 7.29. The van der Waals surface area contributed by atoms with E-state index in [1.54, 1.807) is 35.0 Å². The number of rotatable bonds is 6. The van der Waals surface area contributed by atoms with Gasteiger partial charge in [-0.05, 0) is 55.1 Å². The van der Waals surface area contributed by atoms with Crippen LogP contribution in [0.15, 0.2) is 71.8 Å². The van der Waals surface area contributed by atoms with E-state index in [2.05, 4.69) is 10.3 Å². The zero-order valence-electron chi connectivity index (χ0n) is 17.0. The van der Waals surface area contributed by atoms with Crippen LogP contribution in [-0.2, 0) is 11.3 Å². The van der Waals surface area contributed by atoms with E-state index in [4.69, 9.17) is 0 Å². The number of carbonyl (C=O) groups is 2. The van der Waals surface area contributed by atoms with Gasteiger partial charge in [0.25, 0.3) is 5.91 Å². The number of anilines is 1. The molecule has 30 heavy (non-hydrogen) atoms. The Bertz CT molecular complexity index is 1060. The summed E-state index contributed by atoms with van der Waals surface area (Å²) in [5.74, 6) is -0.232. The van der Waals surface area contributed by atoms with Crippen LogP contribution in [0.2, 0.25) is 0 Å². The molecule has 0 bridgehead atoms. The molecule has 6 heteroatoms. The van der Waals surface area contributed by atoms with Crippen molar-refractivity contribution in [1.29, 1.82) is 0 Å². The molecule has 1 N–H and O–H groups in total. The summed E-state index contributed by atoms with van der Waals surface area (Å²) in [5.41, 5.74) is 4.14. The predicted octanol–water partition coefficient (Wildman–Crippen LogP) is 4.52. The predicted molar refractivity (Wildman–Crippen MR) is 120 cm³/mol. The lowest BCUT2D eigenvalue weighted by Crippen LogP contribution is -2.32. The third-order valence-corrected chi connectivity index (χ3v) is 6.00. The molecule has 1 aliphatic rings. The van der Waals surface area contributed by atoms with Crippen LogP contribution in [0.4, 0.5) is 5.69 Å². The van der Waals surface area contributed by atoms with E-state index in [1.807, 2.05) is 61.7 Å². The molecule has 5 nitrogen and oxygen atoms in total. The van der Waals surface area contributed by atoms with Crippen LogP contribution >= 0.6 is 11.8 Å². The molecule has 0 radical (unpaired) electrons. The second kappa shape index (κ2) is 8.71. The molecule has 0 unspecified atom stereocenters. The van der Waals surface area contributed by atoms with Crippen molar-refractivity contribution in [3.63, 3.8) is 0 Å². The molecule has 2 aromatic carbocycles. The first kappa shape index (κ1) is 20.2. The standard InChI is InChI=1S/C24H23N3O2S/c1-16-5-9-18(10-6-16)27-21(23-20(24(27)29)4-3-13-25-23)14-22(28)26-15-17-7-11-19(30-2)12-8-17/h3-13,21H,14-15H2,1-2H3,(H,26,28)/t21-/m0/s1. The van der Waals surface area contributed by atoms with Crippen molar-refractivity contribution in [3.05, 3.63) is 89.2 Å². The van der Waals surface area contributed by atoms with Crippen molar-refractivity contribution in [2.24, 2.45) is 0 Å². The van der Waals surface area contributed by atoms with Crippen LogP contribution in [0, 0.1) is 6.92 Å². The summed E-state index contributed by atoms with van der Waals surface area (Å²) >= 11 is 1.68. The third-order valence-electron chi connectivity index (χ3n) is 5.25. The van der Waals surface area contributed by atoms with Gasteiger partial charge in [-0.25, -0.2) is 0 Å². The van der Waals surface area contributed by atoms with Gasteiger partial charge in [-0.3, -0.25) is 19.5 Å². The van der Waals surface area contributed by atoms with Gasteiger partial charge in [-0.2, -0.15) is 0 Å². The zero-order chi connectivity index (χ0) is 21.1. The minimum atomic E-state index is -0.421. The molecule has 2 heterocycles. The molecule has 0 aliphatic carbocycles. The molecule has 1 aliphatic heterocycles. The van der Waals surface area contributed by atoms with E-state index in [0.717, 1.165) is 16.8 Å². The maximum atomic E-state index is 13.1. The summed E-state index contributed by atoms with van der Waals surface area (Å²) in [6.07, 6.45) is 3.86. The fraction of sp³-hybridized carbons (Fsp3) is 0.208. The molecule has 0 saturated heterocycles. The first-order valence-corrected chi connectivity index (χ1v) is 11.0. The smallest absolute Gasteiger partial charge is 0.260 e. The van der Waals surface area contributed by atoms with Crippen molar-refractivity contribution in [2.45, 2.75) is 30.8 Å². The Morgan fingerprint density at radius 3 is 2.53 bits per heavy atom. The van der Waals surface area contributed by atoms with Gasteiger partial charge in [0.2, 0.25) is 5.91 Å². The van der Waals surface area contributed by atoms with Gasteiger partial charge in [0.1, 0.15) is 0 Å². The largest absolute Gasteiger partial charge is 0.352 e. The van der Waals surface area contributed by atoms with Crippen molar-refractivity contribution in [2.75, 3.05) is 11.2 Å². The van der Waals surface area contributed by atoms with E-state index in [-0.39, 0.29) is 18.2 Å². The molecule has 4 rings (SSSR count). The number of aryl methyl sites for hydroxylation is 1. The van der Waals surface area contributed by atoms with Crippen molar-refractivity contribution in [1.82, 2.24) is 10.3 Å². The van der Waals surface area contributed by atoms with Gasteiger partial charge in [0.05, 0.1) is 23.7 Å². The maximum Gasteiger partial charge on any atom is 0.260 e. The van der Waals surface area contributed by atoms with Gasteiger partial charge in [0, 0.05) is 23.3 Å². The van der Waals surface area contributed by atoms with Gasteiger partial charge < -0.3 is 5.32 Å². The molecular formula is C24H23N3O2S. The Morgan fingerprint density at radius 1 is 1.10 bits per heavy atom. The number of fused-ring (bicyclic) bond motifs is 1. The summed E-state index contributed by atoms with van der Waals surface area (Å²) in [6.45, 7) is 2.45. The molecule has 0 saturated carbocycles. The number of pyridine rings is 1. The highest BCUT2D eigenvalue weighted by atomic mass is 32.2. The zero-order valence-corrected chi connectivity index (χ0v) is 17.8. The van der Waals surface area contributed by atoms with Crippen LogP contribution in [0.1, 0.15) is 39.6 Å². The topological polar surface area (TPSA) is 62.3 Å². The summed E-state index contributed by atoms with van der Waals surface area (Å²) in [4.78, 5) is 33.1. The third kappa shape index (κ3) is 4.09. The Morgan fingerprint density at radius 2 is 1.83 bits per heavy atom. The van der Waals surface area contributed by atoms with E-state index in [9.17, 15) is 9.59 Å². The number of nitrogens with zero attached hydrogens (tertiary/aromatic N) is 2. The number of aromatic nitrogens is 1. The Balaban J connectivity index is 1.52. The van der Waals surface area contributed by atoms with Gasteiger partial charge in [-0.15, -0.1) is 11.8 Å². The number of benzene rings is 2. The molecule has 1 aromatic heterocycles. The lowest BCUT2D eigenvalue weighted by molar-refractivity contribution is -0.121. The summed E-state index contributed by atoms with van der Waals surface area (Å²) in [6, 6.07) is 19.0. The first-order chi connectivity index (χ1) is 14.6. The monoisotopic (exact) mass is 417 g/mol. The quantitative estimate of drug-likeness (QED) is 0.599. The Labute approximate surface area is 180 Å². The first-order valence-electron chi connectivity index (χ1n) is 9.81. The minimum absolute atomic E-state index is 0.114. The highest BCUT2D eigenvalue weighted by Crippen LogP contribution is 2.38. The Kier molecular flexibility index (Phi) is 5.86. The van der Waals surface area contributed by atoms with E-state index in [1.165, 1.54) is 4.90 Å². The molecule has 1 atom stereocenters. The van der Waals surface area contributed by atoms with Crippen LogP contribution < -0.4 is 10.2 Å². The minimum Gasteiger partial charge on any atom is -0.352 e. The van der Waals surface area contributed by atoms with Crippen LogP contribution in [0.5, 0.6) is 0 Å². The second-order valence-corrected chi connectivity index (χ2v) is 8.17. The summed E-state index contributed by atoms with van der Waals surface area (Å²) in [7, 11) is 0. The molecule has 2 amide bonds. The number of thioether (sulfide) groups is 1. The molecule has 152 valence electrons. The average Bonchev–Trinajstić information content (AvgIpc) is 3.05. The molecular weight excluding hydrogens is 394 g/mol. The van der Waals surface area contributed by atoms with Crippen LogP contribution in [-0.4, -0.2) is 23.1 Å². The number of nitrogens with one attached hydrogen (secondary N) is 1. The van der Waals surface area contributed by atoms with Gasteiger partial charge in [0.15, 0.2) is 0 Å². The van der Waals surface area contributed by atoms with Crippen molar-refractivity contribution in [3.8, 4) is 0 Å². The lowest BCUT2D eigenvalue weighted by Gasteiger charge is -2.24. The van der Waals surface area contributed by atoms with Crippen LogP contribution in [0.25, 0.3) is 0 Å². The normalized spacial score (nSPS) is 15.2. The lowest BCUT2D eigenvalue weighted by atomic mass is 10.1. The van der Waals surface area contributed by atoms with Crippen molar-refractivity contribution >= 4 is 29.3 Å². The van der Waals surface area contributed by atoms with E-state index in [0.29, 0.717) is 17.8 Å². The number of hydrogen-bond acceptors (Lipinski definition) is 4. The maximum absolute atomic E-state index is 13.1. The number of amides is 2. The van der Waals surface area contributed by atoms with Gasteiger partial charge >= 0.3 is 0 Å². The average molecular weight is 418 g/mol. The summed E-state index contributed by atoms with van der Waals surface area (Å²) in [5, 5.41) is 2.98. The SMILES string of the molecule is CSc1ccc(CNC(=O)C[C@H]2c3ncccc3C(=O)N2c2ccc(C)cc2)cc1. The fourth-order valence-corrected chi connectivity index (χ4v) is 4.05. The molecule has 0 spiro atoms. The number of hydrogen-bond donors (Lipinski definition) is 1. The van der Waals surface area contributed by atoms with Crippen LogP contribution in [0.3, 0.4) is 0 Å². The molecule has 3 aromatic rings. The highest BCUT2D eigenvalue weighted by Gasteiger charge is 2.39. The number of carbonyl (C=O) groups excluding carboxylic acids is 2. The van der Waals surface area contributed by atoms with E-state index < -0.39 is 6.04 Å². The molecule has 0 fully saturated rings. The fourth-order valence-electron chi connectivity index (χ4n) is 3.64. The van der Waals surface area contributed by atoms with Gasteiger partial charge in [-0.1, -0.05) is 29.8 Å². The summed E-state index contributed by atoms with van der Waals surface area (Å²) < 4.78 is 0. The highest BCUT2D eigenvalue weighted by molar-refractivity contribution is 7.98. The Hall–Kier alpha value is -3.12. The van der Waals surface area contributed by atoms with Crippen molar-refractivity contribution < 1.29 is 9.59 Å². The van der Waals surface area contributed by atoms with E-state index >= 15 is 0 Å².